The molecule has 0 amide bonds. The van der Waals surface area contributed by atoms with Gasteiger partial charge in [-0.25, -0.2) is 4.98 Å². The molecular formula is C10H13N5O. The molecule has 0 aromatic carbocycles. The summed E-state index contributed by atoms with van der Waals surface area (Å²) in [5.41, 5.74) is 0.715. The molecule has 1 aliphatic rings. The molecule has 6 heteroatoms. The summed E-state index contributed by atoms with van der Waals surface area (Å²) in [6, 6.07) is 0.650. The normalized spacial score (nSPS) is 15.6. The molecule has 0 spiro atoms. The van der Waals surface area contributed by atoms with Crippen molar-refractivity contribution in [2.24, 2.45) is 7.05 Å². The summed E-state index contributed by atoms with van der Waals surface area (Å²) in [5.74, 6) is 1.17. The number of nitrogens with one attached hydrogen (secondary N) is 1. The van der Waals surface area contributed by atoms with E-state index in [0.29, 0.717) is 30.0 Å². The van der Waals surface area contributed by atoms with Crippen molar-refractivity contribution in [3.05, 3.63) is 18.3 Å². The second kappa shape index (κ2) is 3.71. The second-order valence-corrected chi connectivity index (χ2v) is 4.10. The van der Waals surface area contributed by atoms with Crippen molar-refractivity contribution < 1.29 is 4.52 Å². The minimum absolute atomic E-state index is 0.480. The molecule has 0 unspecified atom stereocenters. The molecule has 0 radical (unpaired) electrons. The van der Waals surface area contributed by atoms with E-state index in [0.717, 1.165) is 0 Å². The Hall–Kier alpha value is -1.69. The van der Waals surface area contributed by atoms with E-state index in [-0.39, 0.29) is 0 Å². The lowest BCUT2D eigenvalue weighted by Crippen LogP contribution is -2.16. The van der Waals surface area contributed by atoms with E-state index < -0.39 is 0 Å². The fourth-order valence-corrected chi connectivity index (χ4v) is 1.48. The summed E-state index contributed by atoms with van der Waals surface area (Å²) in [6.45, 7) is 0.668. The van der Waals surface area contributed by atoms with Crippen molar-refractivity contribution in [2.75, 3.05) is 0 Å². The lowest BCUT2D eigenvalue weighted by atomic mass is 10.5. The summed E-state index contributed by atoms with van der Waals surface area (Å²) in [7, 11) is 1.91. The highest BCUT2D eigenvalue weighted by Gasteiger charge is 2.21. The number of hydrogen-bond donors (Lipinski definition) is 1. The van der Waals surface area contributed by atoms with Crippen LogP contribution >= 0.6 is 0 Å². The first-order valence-electron chi connectivity index (χ1n) is 5.35. The Labute approximate surface area is 92.7 Å². The zero-order valence-electron chi connectivity index (χ0n) is 9.05. The average Bonchev–Trinajstić information content (AvgIpc) is 2.81. The van der Waals surface area contributed by atoms with Gasteiger partial charge < -0.3 is 14.4 Å². The van der Waals surface area contributed by atoms with Gasteiger partial charge in [0.25, 0.3) is 5.89 Å². The highest BCUT2D eigenvalue weighted by molar-refractivity contribution is 5.44. The van der Waals surface area contributed by atoms with Gasteiger partial charge in [-0.2, -0.15) is 4.98 Å². The number of aryl methyl sites for hydroxylation is 1. The van der Waals surface area contributed by atoms with Crippen molar-refractivity contribution in [3.63, 3.8) is 0 Å². The van der Waals surface area contributed by atoms with Crippen molar-refractivity contribution >= 4 is 0 Å². The van der Waals surface area contributed by atoms with Crippen LogP contribution in [0.2, 0.25) is 0 Å². The monoisotopic (exact) mass is 219 g/mol. The van der Waals surface area contributed by atoms with Gasteiger partial charge >= 0.3 is 0 Å². The third-order valence-corrected chi connectivity index (χ3v) is 2.52. The largest absolute Gasteiger partial charge is 0.340 e. The predicted molar refractivity (Wildman–Crippen MR) is 56.4 cm³/mol. The Balaban J connectivity index is 1.71. The topological polar surface area (TPSA) is 68.8 Å². The number of imidazole rings is 1. The highest BCUT2D eigenvalue weighted by Crippen LogP contribution is 2.19. The van der Waals surface area contributed by atoms with Gasteiger partial charge in [-0.3, -0.25) is 0 Å². The third kappa shape index (κ3) is 1.96. The van der Waals surface area contributed by atoms with Gasteiger partial charge in [0.2, 0.25) is 0 Å². The molecule has 1 N–H and O–H groups in total. The van der Waals surface area contributed by atoms with Gasteiger partial charge in [-0.1, -0.05) is 5.16 Å². The van der Waals surface area contributed by atoms with E-state index >= 15 is 0 Å². The van der Waals surface area contributed by atoms with Crippen LogP contribution in [0.5, 0.6) is 0 Å². The van der Waals surface area contributed by atoms with Gasteiger partial charge in [0.15, 0.2) is 5.82 Å². The predicted octanol–water partition coefficient (Wildman–Crippen LogP) is 0.722. The van der Waals surface area contributed by atoms with Crippen LogP contribution in [0, 0.1) is 0 Å². The van der Waals surface area contributed by atoms with Crippen molar-refractivity contribution in [1.82, 2.24) is 25.0 Å². The van der Waals surface area contributed by atoms with Crippen molar-refractivity contribution in [1.29, 1.82) is 0 Å². The molecule has 16 heavy (non-hydrogen) atoms. The second-order valence-electron chi connectivity index (χ2n) is 4.10. The SMILES string of the molecule is Cn1cnc(-c2nc(CNC3CC3)no2)c1. The van der Waals surface area contributed by atoms with Gasteiger partial charge in [0, 0.05) is 19.3 Å². The van der Waals surface area contributed by atoms with E-state index in [1.165, 1.54) is 12.8 Å². The van der Waals surface area contributed by atoms with Gasteiger partial charge in [0.05, 0.1) is 12.9 Å². The number of aromatic nitrogens is 4. The Morgan fingerprint density at radius 3 is 3.12 bits per heavy atom. The van der Waals surface area contributed by atoms with Crippen LogP contribution < -0.4 is 5.32 Å². The van der Waals surface area contributed by atoms with Crippen LogP contribution in [-0.4, -0.2) is 25.7 Å². The van der Waals surface area contributed by atoms with Gasteiger partial charge in [-0.05, 0) is 12.8 Å². The molecule has 0 aliphatic heterocycles. The lowest BCUT2D eigenvalue weighted by Gasteiger charge is -1.94. The molecule has 0 atom stereocenters. The summed E-state index contributed by atoms with van der Waals surface area (Å²) >= 11 is 0. The third-order valence-electron chi connectivity index (χ3n) is 2.52. The molecule has 1 saturated carbocycles. The molecule has 3 rings (SSSR count). The molecule has 0 saturated heterocycles. The lowest BCUT2D eigenvalue weighted by molar-refractivity contribution is 0.418. The Kier molecular flexibility index (Phi) is 2.21. The van der Waals surface area contributed by atoms with Crippen LogP contribution in [0.25, 0.3) is 11.6 Å². The minimum atomic E-state index is 0.480. The van der Waals surface area contributed by atoms with Gasteiger partial charge in [0.1, 0.15) is 5.69 Å². The molecule has 1 aliphatic carbocycles. The first-order valence-corrected chi connectivity index (χ1v) is 5.35. The van der Waals surface area contributed by atoms with E-state index in [1.807, 2.05) is 17.8 Å². The maximum absolute atomic E-state index is 5.14. The van der Waals surface area contributed by atoms with E-state index in [9.17, 15) is 0 Å². The van der Waals surface area contributed by atoms with Crippen molar-refractivity contribution in [3.8, 4) is 11.6 Å². The summed E-state index contributed by atoms with van der Waals surface area (Å²) in [6.07, 6.45) is 6.07. The summed E-state index contributed by atoms with van der Waals surface area (Å²) in [5, 5.41) is 7.24. The Bertz CT molecular complexity index is 485. The smallest absolute Gasteiger partial charge is 0.278 e. The number of rotatable bonds is 4. The van der Waals surface area contributed by atoms with Crippen LogP contribution in [0.15, 0.2) is 17.0 Å². The first-order chi connectivity index (χ1) is 7.81. The molecule has 6 nitrogen and oxygen atoms in total. The Morgan fingerprint density at radius 1 is 1.56 bits per heavy atom. The Morgan fingerprint density at radius 2 is 2.44 bits per heavy atom. The maximum Gasteiger partial charge on any atom is 0.278 e. The fraction of sp³-hybridized carbons (Fsp3) is 0.500. The highest BCUT2D eigenvalue weighted by atomic mass is 16.5. The van der Waals surface area contributed by atoms with E-state index in [1.54, 1.807) is 6.33 Å². The van der Waals surface area contributed by atoms with Crippen LogP contribution in [0.1, 0.15) is 18.7 Å². The molecule has 84 valence electrons. The fourth-order valence-electron chi connectivity index (χ4n) is 1.48. The molecule has 2 heterocycles. The standard InChI is InChI=1S/C10H13N5O/c1-15-5-8(12-6-15)10-13-9(14-16-10)4-11-7-2-3-7/h5-7,11H,2-4H2,1H3. The van der Waals surface area contributed by atoms with Gasteiger partial charge in [-0.15, -0.1) is 0 Å². The molecule has 2 aromatic heterocycles. The maximum atomic E-state index is 5.14. The zero-order chi connectivity index (χ0) is 11.0. The van der Waals surface area contributed by atoms with E-state index in [4.69, 9.17) is 4.52 Å². The molecule has 1 fully saturated rings. The summed E-state index contributed by atoms with van der Waals surface area (Å²) in [4.78, 5) is 8.43. The van der Waals surface area contributed by atoms with Crippen LogP contribution in [0.4, 0.5) is 0 Å². The van der Waals surface area contributed by atoms with E-state index in [2.05, 4.69) is 20.4 Å². The van der Waals surface area contributed by atoms with Crippen LogP contribution in [0.3, 0.4) is 0 Å². The molecule has 0 bridgehead atoms. The summed E-state index contributed by atoms with van der Waals surface area (Å²) < 4.78 is 6.99. The zero-order valence-corrected chi connectivity index (χ0v) is 9.05. The molecule has 2 aromatic rings. The number of nitrogens with zero attached hydrogens (tertiary/aromatic N) is 4. The molecular weight excluding hydrogens is 206 g/mol. The minimum Gasteiger partial charge on any atom is -0.340 e. The van der Waals surface area contributed by atoms with Crippen LogP contribution in [-0.2, 0) is 13.6 Å². The van der Waals surface area contributed by atoms with Crippen molar-refractivity contribution in [2.45, 2.75) is 25.4 Å². The average molecular weight is 219 g/mol. The first kappa shape index (κ1) is 9.53. The quantitative estimate of drug-likeness (QED) is 0.820. The number of hydrogen-bond acceptors (Lipinski definition) is 5.